The third-order valence-corrected chi connectivity index (χ3v) is 4.68. The SMILES string of the molecule is C=CC1=C(C=C)n2c(-c3ccccc3)nc(C(C)=O)c2CS1. The van der Waals surface area contributed by atoms with Crippen molar-refractivity contribution in [1.29, 1.82) is 0 Å². The predicted octanol–water partition coefficient (Wildman–Crippen LogP) is 4.54. The zero-order valence-electron chi connectivity index (χ0n) is 12.4. The fourth-order valence-electron chi connectivity index (χ4n) is 2.59. The zero-order chi connectivity index (χ0) is 15.7. The monoisotopic (exact) mass is 308 g/mol. The Morgan fingerprint density at radius 3 is 2.59 bits per heavy atom. The average molecular weight is 308 g/mol. The summed E-state index contributed by atoms with van der Waals surface area (Å²) in [5, 5.41) is 0. The molecule has 1 aliphatic heterocycles. The molecule has 1 aliphatic rings. The Bertz CT molecular complexity index is 800. The zero-order valence-corrected chi connectivity index (χ0v) is 13.2. The lowest BCUT2D eigenvalue weighted by Crippen LogP contribution is -2.10. The Hall–Kier alpha value is -2.33. The van der Waals surface area contributed by atoms with E-state index in [-0.39, 0.29) is 5.78 Å². The van der Waals surface area contributed by atoms with E-state index in [1.54, 1.807) is 24.8 Å². The van der Waals surface area contributed by atoms with Gasteiger partial charge < -0.3 is 0 Å². The highest BCUT2D eigenvalue weighted by atomic mass is 32.2. The number of thioether (sulfide) groups is 1. The van der Waals surface area contributed by atoms with Gasteiger partial charge in [0, 0.05) is 23.1 Å². The number of rotatable bonds is 4. The van der Waals surface area contributed by atoms with E-state index >= 15 is 0 Å². The van der Waals surface area contributed by atoms with E-state index in [1.165, 1.54) is 0 Å². The van der Waals surface area contributed by atoms with Gasteiger partial charge in [0.2, 0.25) is 0 Å². The molecular formula is C18H16N2OS. The second-order valence-corrected chi connectivity index (χ2v) is 5.95. The number of Topliss-reactive ketones (excluding diaryl/α,β-unsaturated/α-hetero) is 1. The van der Waals surface area contributed by atoms with Crippen molar-refractivity contribution < 1.29 is 4.79 Å². The van der Waals surface area contributed by atoms with Crippen LogP contribution in [0.5, 0.6) is 0 Å². The van der Waals surface area contributed by atoms with Crippen molar-refractivity contribution in [3.8, 4) is 11.4 Å². The van der Waals surface area contributed by atoms with Gasteiger partial charge >= 0.3 is 0 Å². The smallest absolute Gasteiger partial charge is 0.180 e. The molecule has 22 heavy (non-hydrogen) atoms. The van der Waals surface area contributed by atoms with Gasteiger partial charge in [0.15, 0.2) is 5.78 Å². The van der Waals surface area contributed by atoms with Crippen LogP contribution in [-0.2, 0) is 5.75 Å². The van der Waals surface area contributed by atoms with Crippen LogP contribution in [0.25, 0.3) is 17.1 Å². The number of benzene rings is 1. The standard InChI is InChI=1S/C18H16N2OS/c1-4-14-16(5-2)22-11-15-17(12(3)21)19-18(20(14)15)13-9-7-6-8-10-13/h4-10H,1-2,11H2,3H3. The molecule has 0 aliphatic carbocycles. The first-order valence-electron chi connectivity index (χ1n) is 6.97. The van der Waals surface area contributed by atoms with Crippen LogP contribution in [0.4, 0.5) is 0 Å². The van der Waals surface area contributed by atoms with Gasteiger partial charge in [0.05, 0.1) is 11.4 Å². The molecule has 2 aromatic rings. The highest BCUT2D eigenvalue weighted by molar-refractivity contribution is 8.02. The molecule has 0 N–H and O–H groups in total. The van der Waals surface area contributed by atoms with Crippen LogP contribution in [-0.4, -0.2) is 15.3 Å². The summed E-state index contributed by atoms with van der Waals surface area (Å²) in [6.07, 6.45) is 3.62. The molecule has 1 aromatic heterocycles. The molecule has 4 heteroatoms. The van der Waals surface area contributed by atoms with Gasteiger partial charge in [-0.1, -0.05) is 49.6 Å². The van der Waals surface area contributed by atoms with Crippen LogP contribution in [0, 0.1) is 0 Å². The van der Waals surface area contributed by atoms with E-state index in [0.29, 0.717) is 11.4 Å². The van der Waals surface area contributed by atoms with Crippen LogP contribution in [0.1, 0.15) is 23.1 Å². The average Bonchev–Trinajstić information content (AvgIpc) is 2.94. The van der Waals surface area contributed by atoms with E-state index < -0.39 is 0 Å². The lowest BCUT2D eigenvalue weighted by Gasteiger charge is -2.21. The summed E-state index contributed by atoms with van der Waals surface area (Å²) in [6.45, 7) is 9.35. The first-order chi connectivity index (χ1) is 10.7. The van der Waals surface area contributed by atoms with Crippen LogP contribution in [0.2, 0.25) is 0 Å². The molecule has 2 heterocycles. The molecule has 0 unspecified atom stereocenters. The van der Waals surface area contributed by atoms with Gasteiger partial charge in [0.1, 0.15) is 11.5 Å². The highest BCUT2D eigenvalue weighted by Gasteiger charge is 2.26. The maximum absolute atomic E-state index is 12.0. The second kappa shape index (κ2) is 5.81. The molecule has 3 rings (SSSR count). The Balaban J connectivity index is 2.34. The number of hydrogen-bond donors (Lipinski definition) is 0. The number of aromatic nitrogens is 2. The van der Waals surface area contributed by atoms with E-state index in [0.717, 1.165) is 27.7 Å². The summed E-state index contributed by atoms with van der Waals surface area (Å²) in [6, 6.07) is 9.89. The minimum absolute atomic E-state index is 0.0167. The Labute approximate surface area is 134 Å². The largest absolute Gasteiger partial charge is 0.294 e. The van der Waals surface area contributed by atoms with Crippen molar-refractivity contribution in [3.63, 3.8) is 0 Å². The molecule has 0 bridgehead atoms. The molecule has 0 amide bonds. The summed E-state index contributed by atoms with van der Waals surface area (Å²) >= 11 is 1.66. The summed E-state index contributed by atoms with van der Waals surface area (Å²) in [5.41, 5.74) is 3.37. The Morgan fingerprint density at radius 2 is 2.00 bits per heavy atom. The van der Waals surface area contributed by atoms with Crippen LogP contribution in [0.3, 0.4) is 0 Å². The first-order valence-corrected chi connectivity index (χ1v) is 7.96. The molecule has 0 radical (unpaired) electrons. The van der Waals surface area contributed by atoms with Gasteiger partial charge in [-0.3, -0.25) is 9.36 Å². The Kier molecular flexibility index (Phi) is 3.86. The van der Waals surface area contributed by atoms with Gasteiger partial charge in [-0.05, 0) is 6.08 Å². The minimum atomic E-state index is -0.0167. The number of ketones is 1. The number of fused-ring (bicyclic) bond motifs is 1. The van der Waals surface area contributed by atoms with Crippen molar-refractivity contribution in [1.82, 2.24) is 9.55 Å². The number of hydrogen-bond acceptors (Lipinski definition) is 3. The summed E-state index contributed by atoms with van der Waals surface area (Å²) < 4.78 is 2.03. The highest BCUT2D eigenvalue weighted by Crippen LogP contribution is 2.39. The summed E-state index contributed by atoms with van der Waals surface area (Å²) in [7, 11) is 0. The van der Waals surface area contributed by atoms with E-state index in [9.17, 15) is 4.79 Å². The lowest BCUT2D eigenvalue weighted by molar-refractivity contribution is 0.101. The molecule has 3 nitrogen and oxygen atoms in total. The van der Waals surface area contributed by atoms with Gasteiger partial charge in [0.25, 0.3) is 0 Å². The first kappa shape index (κ1) is 14.6. The quantitative estimate of drug-likeness (QED) is 0.778. The van der Waals surface area contributed by atoms with E-state index in [2.05, 4.69) is 18.1 Å². The third kappa shape index (κ3) is 2.25. The molecule has 110 valence electrons. The molecule has 1 aromatic carbocycles. The van der Waals surface area contributed by atoms with Gasteiger partial charge in [-0.25, -0.2) is 4.98 Å². The summed E-state index contributed by atoms with van der Waals surface area (Å²) in [4.78, 5) is 17.6. The van der Waals surface area contributed by atoms with E-state index in [4.69, 9.17) is 0 Å². The Morgan fingerprint density at radius 1 is 1.27 bits per heavy atom. The number of nitrogens with zero attached hydrogens (tertiary/aromatic N) is 2. The van der Waals surface area contributed by atoms with Crippen molar-refractivity contribution in [2.24, 2.45) is 0 Å². The minimum Gasteiger partial charge on any atom is -0.294 e. The molecule has 0 atom stereocenters. The second-order valence-electron chi connectivity index (χ2n) is 4.93. The molecule has 0 saturated heterocycles. The number of carbonyl (C=O) groups excluding carboxylic acids is 1. The van der Waals surface area contributed by atoms with Crippen molar-refractivity contribution in [3.05, 3.63) is 71.9 Å². The van der Waals surface area contributed by atoms with Crippen LogP contribution >= 0.6 is 11.8 Å². The molecule has 0 fully saturated rings. The van der Waals surface area contributed by atoms with Gasteiger partial charge in [-0.2, -0.15) is 0 Å². The fraction of sp³-hybridized carbons (Fsp3) is 0.111. The maximum atomic E-state index is 12.0. The number of carbonyl (C=O) groups is 1. The van der Waals surface area contributed by atoms with Gasteiger partial charge in [-0.15, -0.1) is 11.8 Å². The maximum Gasteiger partial charge on any atom is 0.180 e. The number of allylic oxidation sites excluding steroid dienone is 3. The number of imidazole rings is 1. The fourth-order valence-corrected chi connectivity index (χ4v) is 3.59. The van der Waals surface area contributed by atoms with Crippen molar-refractivity contribution in [2.75, 3.05) is 0 Å². The van der Waals surface area contributed by atoms with Crippen molar-refractivity contribution in [2.45, 2.75) is 12.7 Å². The van der Waals surface area contributed by atoms with Crippen LogP contribution < -0.4 is 0 Å². The molecular weight excluding hydrogens is 292 g/mol. The third-order valence-electron chi connectivity index (χ3n) is 3.57. The summed E-state index contributed by atoms with van der Waals surface area (Å²) in [5.74, 6) is 1.46. The molecule has 0 spiro atoms. The predicted molar refractivity (Wildman–Crippen MR) is 92.6 cm³/mol. The normalized spacial score (nSPS) is 13.7. The van der Waals surface area contributed by atoms with E-state index in [1.807, 2.05) is 41.0 Å². The lowest BCUT2D eigenvalue weighted by atomic mass is 10.2. The van der Waals surface area contributed by atoms with Crippen molar-refractivity contribution >= 4 is 23.2 Å². The topological polar surface area (TPSA) is 34.9 Å². The van der Waals surface area contributed by atoms with Crippen LogP contribution in [0.15, 0.2) is 60.5 Å². The molecule has 0 saturated carbocycles.